The zero-order chi connectivity index (χ0) is 19.4. The van der Waals surface area contributed by atoms with E-state index in [0.29, 0.717) is 26.7 Å². The van der Waals surface area contributed by atoms with Gasteiger partial charge in [-0.05, 0) is 36.4 Å². The molecule has 0 aliphatic rings. The molecule has 0 atom stereocenters. The number of rotatable bonds is 6. The molecular weight excluding hydrogens is 382 g/mol. The van der Waals surface area contributed by atoms with Gasteiger partial charge in [0.25, 0.3) is 11.2 Å². The molecule has 8 heteroatoms. The molecule has 6 nitrogen and oxygen atoms in total. The minimum atomic E-state index is -0.454. The highest BCUT2D eigenvalue weighted by atomic mass is 32.2. The third-order valence-electron chi connectivity index (χ3n) is 3.91. The Labute approximate surface area is 165 Å². The van der Waals surface area contributed by atoms with Crippen LogP contribution < -0.4 is 5.56 Å². The van der Waals surface area contributed by atoms with Crippen molar-refractivity contribution in [2.75, 3.05) is 5.75 Å². The van der Waals surface area contributed by atoms with Crippen molar-refractivity contribution in [2.24, 2.45) is 0 Å². The molecule has 1 heterocycles. The molecule has 1 N–H and O–H groups in total. The Kier molecular flexibility index (Phi) is 5.88. The number of non-ortho nitro benzene ring substituents is 1. The Morgan fingerprint density at radius 3 is 2.44 bits per heavy atom. The third-order valence-corrected chi connectivity index (χ3v) is 5.55. The normalized spacial score (nSPS) is 10.7. The zero-order valence-electron chi connectivity index (χ0n) is 14.5. The van der Waals surface area contributed by atoms with Crippen LogP contribution in [0.25, 0.3) is 16.9 Å². The van der Waals surface area contributed by atoms with Crippen LogP contribution in [0.15, 0.2) is 59.4 Å². The molecule has 0 unspecified atom stereocenters. The highest BCUT2D eigenvalue weighted by Crippen LogP contribution is 2.26. The number of thioether (sulfide) groups is 1. The minimum Gasteiger partial charge on any atom is -0.290 e. The Morgan fingerprint density at radius 1 is 1.19 bits per heavy atom. The molecule has 0 amide bonds. The summed E-state index contributed by atoms with van der Waals surface area (Å²) in [6.45, 7) is 2.05. The minimum absolute atomic E-state index is 0.00641. The first-order chi connectivity index (χ1) is 13.0. The molecule has 0 saturated heterocycles. The van der Waals surface area contributed by atoms with E-state index in [9.17, 15) is 14.9 Å². The predicted molar refractivity (Wildman–Crippen MR) is 113 cm³/mol. The van der Waals surface area contributed by atoms with Crippen molar-refractivity contribution in [1.29, 1.82) is 0 Å². The van der Waals surface area contributed by atoms with Gasteiger partial charge in [0.1, 0.15) is 0 Å². The van der Waals surface area contributed by atoms with E-state index in [1.54, 1.807) is 12.1 Å². The van der Waals surface area contributed by atoms with E-state index in [4.69, 9.17) is 12.2 Å². The molecule has 0 aliphatic carbocycles. The van der Waals surface area contributed by atoms with Crippen LogP contribution in [0.5, 0.6) is 0 Å². The second kappa shape index (κ2) is 8.32. The van der Waals surface area contributed by atoms with E-state index in [1.165, 1.54) is 28.6 Å². The maximum absolute atomic E-state index is 13.1. The molecule has 3 aromatic rings. The van der Waals surface area contributed by atoms with Crippen LogP contribution in [0.3, 0.4) is 0 Å². The van der Waals surface area contributed by atoms with Crippen LogP contribution in [-0.4, -0.2) is 24.7 Å². The Hall–Kier alpha value is -2.71. The highest BCUT2D eigenvalue weighted by Gasteiger charge is 2.21. The molecule has 0 spiro atoms. The van der Waals surface area contributed by atoms with Crippen molar-refractivity contribution in [1.82, 2.24) is 9.78 Å². The Bertz CT molecular complexity index is 1020. The Balaban J connectivity index is 2.15. The fourth-order valence-electron chi connectivity index (χ4n) is 2.61. The van der Waals surface area contributed by atoms with E-state index < -0.39 is 4.92 Å². The fraction of sp³-hybridized carbons (Fsp3) is 0.158. The van der Waals surface area contributed by atoms with Gasteiger partial charge < -0.3 is 0 Å². The summed E-state index contributed by atoms with van der Waals surface area (Å²) in [5.74, 6) is 0.814. The van der Waals surface area contributed by atoms with Gasteiger partial charge in [-0.3, -0.25) is 20.0 Å². The molecule has 27 heavy (non-hydrogen) atoms. The third kappa shape index (κ3) is 4.01. The van der Waals surface area contributed by atoms with Gasteiger partial charge in [0.2, 0.25) is 0 Å². The maximum Gasteiger partial charge on any atom is 0.281 e. The van der Waals surface area contributed by atoms with Crippen molar-refractivity contribution in [2.45, 2.75) is 13.3 Å². The first-order valence-corrected chi connectivity index (χ1v) is 9.74. The molecule has 0 bridgehead atoms. The molecule has 1 aromatic heterocycles. The second-order valence-corrected chi connectivity index (χ2v) is 7.55. The zero-order valence-corrected chi connectivity index (χ0v) is 16.2. The lowest BCUT2D eigenvalue weighted by Gasteiger charge is -2.04. The van der Waals surface area contributed by atoms with Gasteiger partial charge >= 0.3 is 0 Å². The van der Waals surface area contributed by atoms with E-state index >= 15 is 0 Å². The number of H-pyrrole nitrogens is 1. The van der Waals surface area contributed by atoms with Crippen LogP contribution in [0.4, 0.5) is 5.69 Å². The summed E-state index contributed by atoms with van der Waals surface area (Å²) in [5, 5.41) is 14.0. The van der Waals surface area contributed by atoms with E-state index in [1.807, 2.05) is 37.3 Å². The first-order valence-electron chi connectivity index (χ1n) is 8.35. The topological polar surface area (TPSA) is 80.9 Å². The molecule has 2 aromatic carbocycles. The summed E-state index contributed by atoms with van der Waals surface area (Å²) in [6.07, 6.45) is 0.939. The summed E-state index contributed by atoms with van der Waals surface area (Å²) in [4.78, 5) is 23.5. The Morgan fingerprint density at radius 2 is 1.85 bits per heavy atom. The van der Waals surface area contributed by atoms with Crippen molar-refractivity contribution in [3.05, 3.63) is 80.6 Å². The van der Waals surface area contributed by atoms with Crippen molar-refractivity contribution in [3.63, 3.8) is 0 Å². The molecule has 3 rings (SSSR count). The van der Waals surface area contributed by atoms with Crippen molar-refractivity contribution >= 4 is 33.9 Å². The number of aromatic nitrogens is 2. The van der Waals surface area contributed by atoms with Crippen LogP contribution in [0, 0.1) is 10.1 Å². The number of nitrogens with zero attached hydrogens (tertiary/aromatic N) is 2. The lowest BCUT2D eigenvalue weighted by Crippen LogP contribution is -2.19. The standard InChI is InChI=1S/C19H17N3O3S2/c1-2-12-27-19(26)16-17(13-8-10-15(11-9-13)22(24)25)20-21(18(16)23)14-6-4-3-5-7-14/h3-11,20H,2,12H2,1H3. The van der Waals surface area contributed by atoms with Crippen LogP contribution in [0.1, 0.15) is 18.9 Å². The summed E-state index contributed by atoms with van der Waals surface area (Å²) in [5.41, 5.74) is 2.10. The number of benzene rings is 2. The number of nitrogens with one attached hydrogen (secondary N) is 1. The number of nitro groups is 1. The first kappa shape index (κ1) is 19.1. The molecule has 0 aliphatic heterocycles. The number of thiocarbonyl (C=S) groups is 1. The van der Waals surface area contributed by atoms with E-state index in [-0.39, 0.29) is 11.2 Å². The van der Waals surface area contributed by atoms with Gasteiger partial charge in [0.05, 0.1) is 26.1 Å². The summed E-state index contributed by atoms with van der Waals surface area (Å²) in [6, 6.07) is 15.3. The second-order valence-electron chi connectivity index (χ2n) is 5.78. The smallest absolute Gasteiger partial charge is 0.281 e. The number of nitro benzene ring substituents is 1. The van der Waals surface area contributed by atoms with Gasteiger partial charge in [0.15, 0.2) is 0 Å². The molecule has 0 radical (unpaired) electrons. The average Bonchev–Trinajstić information content (AvgIpc) is 3.04. The molecular formula is C19H17N3O3S2. The van der Waals surface area contributed by atoms with Gasteiger partial charge in [-0.25, -0.2) is 4.68 Å². The highest BCUT2D eigenvalue weighted by molar-refractivity contribution is 8.23. The summed E-state index contributed by atoms with van der Waals surface area (Å²) in [7, 11) is 0. The van der Waals surface area contributed by atoms with Crippen LogP contribution in [-0.2, 0) is 0 Å². The molecule has 138 valence electrons. The largest absolute Gasteiger partial charge is 0.290 e. The lowest BCUT2D eigenvalue weighted by atomic mass is 10.1. The van der Waals surface area contributed by atoms with Crippen molar-refractivity contribution in [3.8, 4) is 16.9 Å². The van der Waals surface area contributed by atoms with Crippen LogP contribution >= 0.6 is 24.0 Å². The predicted octanol–water partition coefficient (Wildman–Crippen LogP) is 4.56. The van der Waals surface area contributed by atoms with Crippen molar-refractivity contribution < 1.29 is 4.92 Å². The monoisotopic (exact) mass is 399 g/mol. The molecule has 0 saturated carbocycles. The van der Waals surface area contributed by atoms with E-state index in [2.05, 4.69) is 5.10 Å². The van der Waals surface area contributed by atoms with Gasteiger partial charge in [-0.2, -0.15) is 0 Å². The molecule has 0 fully saturated rings. The number of para-hydroxylation sites is 1. The summed E-state index contributed by atoms with van der Waals surface area (Å²) < 4.78 is 1.96. The van der Waals surface area contributed by atoms with Gasteiger partial charge in [0, 0.05) is 17.7 Å². The fourth-order valence-corrected chi connectivity index (χ4v) is 3.77. The number of hydrogen-bond donors (Lipinski definition) is 1. The lowest BCUT2D eigenvalue weighted by molar-refractivity contribution is -0.384. The number of hydrogen-bond acceptors (Lipinski definition) is 5. The SMILES string of the molecule is CCCSC(=S)c1c(-c2ccc([N+](=O)[O-])cc2)[nH]n(-c2ccccc2)c1=O. The quantitative estimate of drug-likeness (QED) is 0.373. The van der Waals surface area contributed by atoms with Gasteiger partial charge in [-0.15, -0.1) is 11.8 Å². The maximum atomic E-state index is 13.1. The van der Waals surface area contributed by atoms with E-state index in [0.717, 1.165) is 12.2 Å². The van der Waals surface area contributed by atoms with Crippen LogP contribution in [0.2, 0.25) is 0 Å². The number of aromatic amines is 1. The average molecular weight is 399 g/mol. The van der Waals surface area contributed by atoms with Gasteiger partial charge in [-0.1, -0.05) is 37.3 Å². The summed E-state index contributed by atoms with van der Waals surface area (Å²) >= 11 is 6.97.